The van der Waals surface area contributed by atoms with Crippen molar-refractivity contribution >= 4 is 21.8 Å². The molecule has 0 bridgehead atoms. The van der Waals surface area contributed by atoms with Crippen molar-refractivity contribution in [2.75, 3.05) is 18.8 Å². The lowest BCUT2D eigenvalue weighted by molar-refractivity contribution is -0.131. The molecule has 2 aliphatic heterocycles. The van der Waals surface area contributed by atoms with E-state index in [9.17, 15) is 18.0 Å². The zero-order chi connectivity index (χ0) is 15.7. The van der Waals surface area contributed by atoms with Crippen LogP contribution in [0.4, 0.5) is 0 Å². The first kappa shape index (κ1) is 15.0. The van der Waals surface area contributed by atoms with Crippen LogP contribution in [0.2, 0.25) is 0 Å². The molecule has 7 heteroatoms. The molecular formula is C15H18N2O4S. The molecule has 0 radical (unpaired) electrons. The van der Waals surface area contributed by atoms with E-state index >= 15 is 0 Å². The molecule has 0 spiro atoms. The normalized spacial score (nSPS) is 24.0. The molecule has 2 saturated heterocycles. The molecule has 1 aromatic carbocycles. The molecule has 2 aliphatic rings. The number of likely N-dealkylation sites (tertiary alicyclic amines) is 1. The van der Waals surface area contributed by atoms with E-state index in [2.05, 4.69) is 0 Å². The van der Waals surface area contributed by atoms with Gasteiger partial charge >= 0.3 is 0 Å². The summed E-state index contributed by atoms with van der Waals surface area (Å²) in [5, 5.41) is 0. The van der Waals surface area contributed by atoms with Crippen molar-refractivity contribution in [3.05, 3.63) is 35.9 Å². The fraction of sp³-hybridized carbons (Fsp3) is 0.467. The molecule has 0 aliphatic carbocycles. The van der Waals surface area contributed by atoms with Gasteiger partial charge in [0, 0.05) is 26.1 Å². The van der Waals surface area contributed by atoms with Gasteiger partial charge in [-0.25, -0.2) is 12.7 Å². The first-order chi connectivity index (χ1) is 10.5. The third-order valence-electron chi connectivity index (χ3n) is 4.13. The minimum Gasteiger partial charge on any atom is -0.338 e. The van der Waals surface area contributed by atoms with Crippen molar-refractivity contribution in [2.45, 2.75) is 19.4 Å². The lowest BCUT2D eigenvalue weighted by Gasteiger charge is -2.20. The number of benzene rings is 1. The van der Waals surface area contributed by atoms with E-state index < -0.39 is 21.8 Å². The average Bonchev–Trinajstić information content (AvgIpc) is 3.02. The number of hydrogen-bond acceptors (Lipinski definition) is 4. The Bertz CT molecular complexity index is 687. The van der Waals surface area contributed by atoms with Crippen molar-refractivity contribution < 1.29 is 18.0 Å². The summed E-state index contributed by atoms with van der Waals surface area (Å²) in [5.41, 5.74) is 0.998. The molecule has 3 rings (SSSR count). The Balaban J connectivity index is 1.68. The van der Waals surface area contributed by atoms with Crippen LogP contribution in [-0.2, 0) is 26.2 Å². The maximum Gasteiger partial charge on any atom is 0.241 e. The molecule has 0 N–H and O–H groups in total. The number of hydrogen-bond donors (Lipinski definition) is 0. The van der Waals surface area contributed by atoms with Gasteiger partial charge in [-0.2, -0.15) is 0 Å². The van der Waals surface area contributed by atoms with Crippen molar-refractivity contribution in [2.24, 2.45) is 5.92 Å². The molecule has 1 atom stereocenters. The van der Waals surface area contributed by atoms with Crippen LogP contribution in [-0.4, -0.2) is 48.3 Å². The van der Waals surface area contributed by atoms with Crippen molar-refractivity contribution in [3.8, 4) is 0 Å². The van der Waals surface area contributed by atoms with Crippen LogP contribution in [0.15, 0.2) is 30.3 Å². The highest BCUT2D eigenvalue weighted by Gasteiger charge is 2.41. The molecule has 0 saturated carbocycles. The van der Waals surface area contributed by atoms with E-state index in [1.54, 1.807) is 4.90 Å². The fourth-order valence-corrected chi connectivity index (χ4v) is 4.53. The summed E-state index contributed by atoms with van der Waals surface area (Å²) >= 11 is 0. The quantitative estimate of drug-likeness (QED) is 0.816. The van der Waals surface area contributed by atoms with Crippen LogP contribution in [0.3, 0.4) is 0 Å². The van der Waals surface area contributed by atoms with Crippen LogP contribution in [0, 0.1) is 5.92 Å². The molecule has 6 nitrogen and oxygen atoms in total. The van der Waals surface area contributed by atoms with Gasteiger partial charge in [0.15, 0.2) is 0 Å². The molecule has 0 unspecified atom stereocenters. The van der Waals surface area contributed by atoms with Gasteiger partial charge in [0.1, 0.15) is 0 Å². The lowest BCUT2D eigenvalue weighted by atomic mass is 10.1. The predicted molar refractivity (Wildman–Crippen MR) is 80.1 cm³/mol. The van der Waals surface area contributed by atoms with Crippen molar-refractivity contribution in [1.29, 1.82) is 0 Å². The summed E-state index contributed by atoms with van der Waals surface area (Å²) in [4.78, 5) is 26.1. The molecule has 2 heterocycles. The van der Waals surface area contributed by atoms with E-state index in [-0.39, 0.29) is 24.6 Å². The third kappa shape index (κ3) is 2.85. The number of sulfonamides is 1. The summed E-state index contributed by atoms with van der Waals surface area (Å²) in [7, 11) is -3.46. The smallest absolute Gasteiger partial charge is 0.241 e. The van der Waals surface area contributed by atoms with Gasteiger partial charge in [-0.05, 0) is 12.0 Å². The Hall–Kier alpha value is -1.89. The maximum absolute atomic E-state index is 12.4. The van der Waals surface area contributed by atoms with Gasteiger partial charge in [0.05, 0.1) is 11.7 Å². The Morgan fingerprint density at radius 1 is 1.23 bits per heavy atom. The number of carbonyl (C=O) groups is 2. The van der Waals surface area contributed by atoms with E-state index in [1.807, 2.05) is 30.3 Å². The Morgan fingerprint density at radius 3 is 2.59 bits per heavy atom. The minimum atomic E-state index is -3.46. The highest BCUT2D eigenvalue weighted by Crippen LogP contribution is 2.25. The first-order valence-electron chi connectivity index (χ1n) is 7.33. The summed E-state index contributed by atoms with van der Waals surface area (Å²) in [6, 6.07) is 9.55. The van der Waals surface area contributed by atoms with E-state index in [1.165, 1.54) is 0 Å². The molecule has 1 aromatic rings. The van der Waals surface area contributed by atoms with E-state index in [4.69, 9.17) is 0 Å². The SMILES string of the molecule is O=C1C[C@H](C(=O)N2CCCS2(=O)=O)CN1Cc1ccccc1. The molecule has 2 amide bonds. The Kier molecular flexibility index (Phi) is 3.90. The number of amides is 2. The average molecular weight is 322 g/mol. The second-order valence-corrected chi connectivity index (χ2v) is 7.75. The maximum atomic E-state index is 12.4. The van der Waals surface area contributed by atoms with Crippen molar-refractivity contribution in [3.63, 3.8) is 0 Å². The third-order valence-corrected chi connectivity index (χ3v) is 5.96. The van der Waals surface area contributed by atoms with Crippen LogP contribution >= 0.6 is 0 Å². The molecule has 118 valence electrons. The molecule has 2 fully saturated rings. The standard InChI is InChI=1S/C15H18N2O4S/c18-14-9-13(15(19)17-7-4-8-22(17,20)21)11-16(14)10-12-5-2-1-3-6-12/h1-3,5-6,13H,4,7-11H2/t13-/m0/s1. The second kappa shape index (κ2) is 5.72. The van der Waals surface area contributed by atoms with Crippen LogP contribution in [0.1, 0.15) is 18.4 Å². The lowest BCUT2D eigenvalue weighted by Crippen LogP contribution is -2.38. The first-order valence-corrected chi connectivity index (χ1v) is 8.94. The number of nitrogens with zero attached hydrogens (tertiary/aromatic N) is 2. The highest BCUT2D eigenvalue weighted by molar-refractivity contribution is 7.89. The monoisotopic (exact) mass is 322 g/mol. The number of rotatable bonds is 3. The zero-order valence-electron chi connectivity index (χ0n) is 12.1. The van der Waals surface area contributed by atoms with Gasteiger partial charge in [0.25, 0.3) is 0 Å². The molecule has 0 aromatic heterocycles. The second-order valence-electron chi connectivity index (χ2n) is 5.74. The van der Waals surface area contributed by atoms with Crippen LogP contribution in [0.5, 0.6) is 0 Å². The number of carbonyl (C=O) groups excluding carboxylic acids is 2. The largest absolute Gasteiger partial charge is 0.338 e. The minimum absolute atomic E-state index is 0.0210. The summed E-state index contributed by atoms with van der Waals surface area (Å²) in [6.45, 7) is 0.985. The highest BCUT2D eigenvalue weighted by atomic mass is 32.2. The predicted octanol–water partition coefficient (Wildman–Crippen LogP) is 0.597. The summed E-state index contributed by atoms with van der Waals surface area (Å²) in [5.74, 6) is -1.06. The fourth-order valence-electron chi connectivity index (χ4n) is 2.98. The Labute approximate surface area is 129 Å². The van der Waals surface area contributed by atoms with E-state index in [0.29, 0.717) is 19.5 Å². The molecular weight excluding hydrogens is 304 g/mol. The zero-order valence-corrected chi connectivity index (χ0v) is 13.0. The van der Waals surface area contributed by atoms with Gasteiger partial charge < -0.3 is 4.90 Å². The topological polar surface area (TPSA) is 74.8 Å². The van der Waals surface area contributed by atoms with Gasteiger partial charge in [-0.15, -0.1) is 0 Å². The van der Waals surface area contributed by atoms with Crippen LogP contribution in [0.25, 0.3) is 0 Å². The van der Waals surface area contributed by atoms with Gasteiger partial charge in [0.2, 0.25) is 21.8 Å². The van der Waals surface area contributed by atoms with Crippen molar-refractivity contribution in [1.82, 2.24) is 9.21 Å². The van der Waals surface area contributed by atoms with E-state index in [0.717, 1.165) is 9.87 Å². The van der Waals surface area contributed by atoms with Gasteiger partial charge in [-0.3, -0.25) is 9.59 Å². The summed E-state index contributed by atoms with van der Waals surface area (Å²) in [6.07, 6.45) is 0.570. The molecule has 22 heavy (non-hydrogen) atoms. The van der Waals surface area contributed by atoms with Crippen LogP contribution < -0.4 is 0 Å². The van der Waals surface area contributed by atoms with Gasteiger partial charge in [-0.1, -0.05) is 30.3 Å². The summed E-state index contributed by atoms with van der Waals surface area (Å²) < 4.78 is 24.6. The Morgan fingerprint density at radius 2 is 1.95 bits per heavy atom.